The number of carboxylic acids is 1. The molecule has 0 fully saturated rings. The number of aromatic nitrogens is 1. The van der Waals surface area contributed by atoms with E-state index in [0.29, 0.717) is 16.7 Å². The molecule has 0 aliphatic carbocycles. The number of amides is 1. The second kappa shape index (κ2) is 9.49. The van der Waals surface area contributed by atoms with Crippen LogP contribution in [0.1, 0.15) is 17.7 Å². The monoisotopic (exact) mass is 413 g/mol. The zero-order chi connectivity index (χ0) is 18.9. The minimum atomic E-state index is -1.15. The molecule has 0 aliphatic rings. The normalized spacial score (nSPS) is 12.1. The summed E-state index contributed by atoms with van der Waals surface area (Å²) in [5.74, 6) is -1.89. The zero-order valence-electron chi connectivity index (χ0n) is 13.7. The molecule has 1 amide bonds. The molecule has 0 spiro atoms. The van der Waals surface area contributed by atoms with Gasteiger partial charge in [0.25, 0.3) is 5.91 Å². The number of pyridine rings is 1. The van der Waals surface area contributed by atoms with E-state index in [1.807, 2.05) is 30.3 Å². The Balaban J connectivity index is 2.07. The summed E-state index contributed by atoms with van der Waals surface area (Å²) < 4.78 is 0.565. The number of carbonyl (C=O) groups excluding carboxylic acids is 1. The highest BCUT2D eigenvalue weighted by Gasteiger charge is 2.21. The lowest BCUT2D eigenvalue weighted by atomic mass is 10.0. The van der Waals surface area contributed by atoms with Crippen molar-refractivity contribution in [3.05, 3.63) is 70.0 Å². The van der Waals surface area contributed by atoms with Gasteiger partial charge in [-0.2, -0.15) is 5.26 Å². The molecular formula is C19H16BrN3O3. The highest BCUT2D eigenvalue weighted by atomic mass is 79.9. The van der Waals surface area contributed by atoms with Crippen molar-refractivity contribution in [3.8, 4) is 6.07 Å². The van der Waals surface area contributed by atoms with Crippen LogP contribution in [0, 0.1) is 11.3 Å². The fourth-order valence-electron chi connectivity index (χ4n) is 2.25. The number of hydrogen-bond donors (Lipinski definition) is 2. The van der Waals surface area contributed by atoms with Crippen molar-refractivity contribution in [3.63, 3.8) is 0 Å². The predicted octanol–water partition coefficient (Wildman–Crippen LogP) is 2.95. The highest BCUT2D eigenvalue weighted by Crippen LogP contribution is 2.11. The Hall–Kier alpha value is -2.98. The fourth-order valence-corrected chi connectivity index (χ4v) is 2.61. The average Bonchev–Trinajstić information content (AvgIpc) is 2.63. The third-order valence-electron chi connectivity index (χ3n) is 3.56. The summed E-state index contributed by atoms with van der Waals surface area (Å²) in [4.78, 5) is 27.8. The largest absolute Gasteiger partial charge is 0.480 e. The van der Waals surface area contributed by atoms with E-state index in [2.05, 4.69) is 26.2 Å². The van der Waals surface area contributed by atoms with Gasteiger partial charge >= 0.3 is 5.97 Å². The van der Waals surface area contributed by atoms with Crippen LogP contribution < -0.4 is 5.32 Å². The van der Waals surface area contributed by atoms with Crippen molar-refractivity contribution in [2.24, 2.45) is 0 Å². The molecule has 0 saturated carbocycles. The van der Waals surface area contributed by atoms with Crippen molar-refractivity contribution in [1.29, 1.82) is 5.26 Å². The lowest BCUT2D eigenvalue weighted by Crippen LogP contribution is -2.41. The molecule has 1 aromatic carbocycles. The minimum absolute atomic E-state index is 0.207. The molecule has 2 N–H and O–H groups in total. The van der Waals surface area contributed by atoms with Crippen LogP contribution >= 0.6 is 15.9 Å². The number of carbonyl (C=O) groups is 2. The number of aliphatic carboxylic acids is 1. The van der Waals surface area contributed by atoms with Crippen LogP contribution in [0.4, 0.5) is 0 Å². The van der Waals surface area contributed by atoms with E-state index in [9.17, 15) is 20.0 Å². The summed E-state index contributed by atoms with van der Waals surface area (Å²) in [7, 11) is 0. The Morgan fingerprint density at radius 3 is 2.58 bits per heavy atom. The van der Waals surface area contributed by atoms with Crippen LogP contribution in [0.25, 0.3) is 6.08 Å². The molecule has 0 saturated heterocycles. The minimum Gasteiger partial charge on any atom is -0.480 e. The molecule has 1 heterocycles. The highest BCUT2D eigenvalue weighted by molar-refractivity contribution is 9.10. The molecule has 0 radical (unpaired) electrons. The summed E-state index contributed by atoms with van der Waals surface area (Å²) >= 11 is 3.21. The Morgan fingerprint density at radius 2 is 1.96 bits per heavy atom. The van der Waals surface area contributed by atoms with Crippen LogP contribution in [0.3, 0.4) is 0 Å². The summed E-state index contributed by atoms with van der Waals surface area (Å²) in [6.45, 7) is 0. The number of nitrogens with one attached hydrogen (secondary N) is 1. The topological polar surface area (TPSA) is 103 Å². The van der Waals surface area contributed by atoms with Crippen LogP contribution in [-0.4, -0.2) is 28.0 Å². The van der Waals surface area contributed by atoms with Crippen molar-refractivity contribution in [2.75, 3.05) is 0 Å². The molecule has 1 aromatic heterocycles. The van der Waals surface area contributed by atoms with Gasteiger partial charge in [-0.25, -0.2) is 9.78 Å². The summed E-state index contributed by atoms with van der Waals surface area (Å²) in [5.41, 5.74) is 1.19. The third kappa shape index (κ3) is 5.83. The van der Waals surface area contributed by atoms with Crippen molar-refractivity contribution in [2.45, 2.75) is 18.9 Å². The number of hydrogen-bond acceptors (Lipinski definition) is 4. The van der Waals surface area contributed by atoms with Crippen LogP contribution in [0.15, 0.2) is 58.7 Å². The van der Waals surface area contributed by atoms with E-state index < -0.39 is 17.9 Å². The van der Waals surface area contributed by atoms with Crippen molar-refractivity contribution >= 4 is 33.9 Å². The van der Waals surface area contributed by atoms with Crippen LogP contribution in [0.5, 0.6) is 0 Å². The molecule has 7 heteroatoms. The number of nitrogens with zero attached hydrogens (tertiary/aromatic N) is 2. The van der Waals surface area contributed by atoms with Gasteiger partial charge in [0.05, 0.1) is 5.69 Å². The van der Waals surface area contributed by atoms with E-state index in [-0.39, 0.29) is 12.0 Å². The first kappa shape index (κ1) is 19.3. The van der Waals surface area contributed by atoms with E-state index in [0.717, 1.165) is 5.56 Å². The molecule has 0 unspecified atom stereocenters. The molecule has 0 bridgehead atoms. The molecule has 26 heavy (non-hydrogen) atoms. The Bertz CT molecular complexity index is 860. The predicted molar refractivity (Wildman–Crippen MR) is 99.9 cm³/mol. The molecule has 2 rings (SSSR count). The molecule has 2 aromatic rings. The lowest BCUT2D eigenvalue weighted by molar-refractivity contribution is -0.141. The van der Waals surface area contributed by atoms with Gasteiger partial charge < -0.3 is 10.4 Å². The van der Waals surface area contributed by atoms with Gasteiger partial charge in [0.15, 0.2) is 0 Å². The van der Waals surface area contributed by atoms with Gasteiger partial charge in [-0.15, -0.1) is 0 Å². The first-order valence-electron chi connectivity index (χ1n) is 7.81. The Labute approximate surface area is 159 Å². The van der Waals surface area contributed by atoms with Gasteiger partial charge in [-0.1, -0.05) is 36.4 Å². The average molecular weight is 414 g/mol. The van der Waals surface area contributed by atoms with Gasteiger partial charge in [0.1, 0.15) is 22.3 Å². The molecule has 6 nitrogen and oxygen atoms in total. The van der Waals surface area contributed by atoms with Crippen LogP contribution in [-0.2, 0) is 16.0 Å². The summed E-state index contributed by atoms with van der Waals surface area (Å²) in [6, 6.07) is 15.2. The third-order valence-corrected chi connectivity index (χ3v) is 4.00. The number of aryl methyl sites for hydroxylation is 1. The maximum Gasteiger partial charge on any atom is 0.326 e. The second-order valence-corrected chi connectivity index (χ2v) is 6.26. The van der Waals surface area contributed by atoms with Gasteiger partial charge in [-0.05, 0) is 52.5 Å². The number of nitriles is 1. The molecular weight excluding hydrogens is 398 g/mol. The quantitative estimate of drug-likeness (QED) is 0.412. The standard InChI is InChI=1S/C19H16BrN3O3/c20-17-8-4-7-15(22-17)11-14(12-21)18(24)23-16(19(25)26)10-9-13-5-2-1-3-6-13/h1-8,11,16H,9-10H2,(H,23,24)(H,25,26)/t16-/m1/s1. The SMILES string of the molecule is N#CC(=Cc1cccc(Br)n1)C(=O)N[C@H](CCc1ccccc1)C(=O)O. The van der Waals surface area contributed by atoms with Gasteiger partial charge in [-0.3, -0.25) is 4.79 Å². The Morgan fingerprint density at radius 1 is 1.23 bits per heavy atom. The first-order chi connectivity index (χ1) is 12.5. The maximum atomic E-state index is 12.3. The van der Waals surface area contributed by atoms with Gasteiger partial charge in [0, 0.05) is 0 Å². The molecule has 0 aliphatic heterocycles. The van der Waals surface area contributed by atoms with E-state index in [1.54, 1.807) is 24.3 Å². The Kier molecular flexibility index (Phi) is 7.06. The van der Waals surface area contributed by atoms with E-state index >= 15 is 0 Å². The van der Waals surface area contributed by atoms with Gasteiger partial charge in [0.2, 0.25) is 0 Å². The maximum absolute atomic E-state index is 12.3. The van der Waals surface area contributed by atoms with E-state index in [4.69, 9.17) is 0 Å². The summed E-state index contributed by atoms with van der Waals surface area (Å²) in [5, 5.41) is 21.0. The number of carboxylic acid groups (broad SMARTS) is 1. The molecule has 132 valence electrons. The first-order valence-corrected chi connectivity index (χ1v) is 8.61. The lowest BCUT2D eigenvalue weighted by Gasteiger charge is -2.14. The fraction of sp³-hybridized carbons (Fsp3) is 0.158. The van der Waals surface area contributed by atoms with Crippen LogP contribution in [0.2, 0.25) is 0 Å². The number of halogens is 1. The summed E-state index contributed by atoms with van der Waals surface area (Å²) in [6.07, 6.45) is 2.03. The molecule has 1 atom stereocenters. The number of rotatable bonds is 7. The van der Waals surface area contributed by atoms with E-state index in [1.165, 1.54) is 6.08 Å². The number of benzene rings is 1. The van der Waals surface area contributed by atoms with Crippen molar-refractivity contribution < 1.29 is 14.7 Å². The second-order valence-electron chi connectivity index (χ2n) is 5.44. The smallest absolute Gasteiger partial charge is 0.326 e. The van der Waals surface area contributed by atoms with Crippen molar-refractivity contribution in [1.82, 2.24) is 10.3 Å². The zero-order valence-corrected chi connectivity index (χ0v) is 15.3.